The summed E-state index contributed by atoms with van der Waals surface area (Å²) in [5, 5.41) is 8.63. The van der Waals surface area contributed by atoms with Gasteiger partial charge in [0.25, 0.3) is 5.91 Å². The van der Waals surface area contributed by atoms with Gasteiger partial charge >= 0.3 is 11.9 Å². The number of carbonyl (C=O) groups is 3. The number of benzene rings is 1. The van der Waals surface area contributed by atoms with E-state index in [1.165, 1.54) is 23.8 Å². The fourth-order valence-corrected chi connectivity index (χ4v) is 3.78. The Bertz CT molecular complexity index is 760. The summed E-state index contributed by atoms with van der Waals surface area (Å²) in [7, 11) is 1.31. The molecule has 0 atom stereocenters. The topological polar surface area (TPSA) is 83.9 Å². The average Bonchev–Trinajstić information content (AvgIpc) is 2.88. The molecule has 138 valence electrons. The van der Waals surface area contributed by atoms with Gasteiger partial charge in [-0.05, 0) is 30.5 Å². The van der Waals surface area contributed by atoms with Crippen LogP contribution < -0.4 is 0 Å². The number of aliphatic carboxylic acids is 1. The minimum atomic E-state index is -0.817. The number of amides is 1. The summed E-state index contributed by atoms with van der Waals surface area (Å²) in [6, 6.07) is 6.89. The molecule has 0 saturated carbocycles. The SMILES string of the molecule is COC(=O)c1ccccc1/C=C1\SC(=S)N(CCCCCC(=O)O)C1=O. The molecule has 2 rings (SSSR count). The number of rotatable bonds is 8. The summed E-state index contributed by atoms with van der Waals surface area (Å²) in [4.78, 5) is 36.9. The van der Waals surface area contributed by atoms with Crippen molar-refractivity contribution in [2.75, 3.05) is 13.7 Å². The van der Waals surface area contributed by atoms with Gasteiger partial charge in [-0.1, -0.05) is 48.6 Å². The van der Waals surface area contributed by atoms with Crippen LogP contribution in [0.25, 0.3) is 6.08 Å². The molecule has 0 aliphatic carbocycles. The number of carboxylic acids is 1. The maximum atomic E-state index is 12.6. The van der Waals surface area contributed by atoms with Crippen molar-refractivity contribution in [1.29, 1.82) is 0 Å². The van der Waals surface area contributed by atoms with E-state index in [-0.39, 0.29) is 12.3 Å². The van der Waals surface area contributed by atoms with Crippen LogP contribution in [0, 0.1) is 0 Å². The number of methoxy groups -OCH3 is 1. The predicted octanol–water partition coefficient (Wildman–Crippen LogP) is 3.32. The quantitative estimate of drug-likeness (QED) is 0.314. The lowest BCUT2D eigenvalue weighted by atomic mass is 10.1. The highest BCUT2D eigenvalue weighted by atomic mass is 32.2. The largest absolute Gasteiger partial charge is 0.481 e. The van der Waals surface area contributed by atoms with Crippen LogP contribution in [0.4, 0.5) is 0 Å². The molecule has 1 aromatic carbocycles. The Labute approximate surface area is 161 Å². The van der Waals surface area contributed by atoms with Crippen LogP contribution in [-0.2, 0) is 14.3 Å². The first-order valence-corrected chi connectivity index (χ1v) is 9.31. The van der Waals surface area contributed by atoms with Gasteiger partial charge in [0.05, 0.1) is 17.6 Å². The zero-order chi connectivity index (χ0) is 19.1. The number of carboxylic acid groups (broad SMARTS) is 1. The van der Waals surface area contributed by atoms with E-state index >= 15 is 0 Å². The molecule has 0 unspecified atom stereocenters. The molecule has 1 aliphatic heterocycles. The Hall–Kier alpha value is -2.19. The average molecular weight is 393 g/mol. The van der Waals surface area contributed by atoms with Crippen LogP contribution in [0.5, 0.6) is 0 Å². The van der Waals surface area contributed by atoms with Gasteiger partial charge in [0.15, 0.2) is 0 Å². The Kier molecular flexibility index (Phi) is 7.35. The van der Waals surface area contributed by atoms with E-state index < -0.39 is 11.9 Å². The van der Waals surface area contributed by atoms with Crippen LogP contribution in [0.15, 0.2) is 29.2 Å². The molecular weight excluding hydrogens is 374 g/mol. The monoisotopic (exact) mass is 393 g/mol. The van der Waals surface area contributed by atoms with Crippen molar-refractivity contribution in [3.63, 3.8) is 0 Å². The highest BCUT2D eigenvalue weighted by molar-refractivity contribution is 8.26. The Morgan fingerprint density at radius 3 is 2.69 bits per heavy atom. The first-order valence-electron chi connectivity index (χ1n) is 8.08. The van der Waals surface area contributed by atoms with Crippen molar-refractivity contribution >= 4 is 52.2 Å². The molecule has 1 saturated heterocycles. The smallest absolute Gasteiger partial charge is 0.338 e. The number of ether oxygens (including phenoxy) is 1. The summed E-state index contributed by atoms with van der Waals surface area (Å²) in [6.07, 6.45) is 3.75. The van der Waals surface area contributed by atoms with Crippen LogP contribution in [-0.4, -0.2) is 45.8 Å². The van der Waals surface area contributed by atoms with E-state index in [1.54, 1.807) is 30.3 Å². The van der Waals surface area contributed by atoms with E-state index in [4.69, 9.17) is 22.1 Å². The number of nitrogens with zero attached hydrogens (tertiary/aromatic N) is 1. The summed E-state index contributed by atoms with van der Waals surface area (Å²) >= 11 is 6.48. The Balaban J connectivity index is 2.05. The standard InChI is InChI=1S/C18H19NO5S2/c1-24-17(23)13-8-5-4-7-12(13)11-14-16(22)19(18(25)26-14)10-6-2-3-9-15(20)21/h4-5,7-8,11H,2-3,6,9-10H2,1H3,(H,20,21)/b14-11-. The summed E-state index contributed by atoms with van der Waals surface area (Å²) < 4.78 is 5.23. The number of thiocarbonyl (C=S) groups is 1. The second-order valence-corrected chi connectivity index (χ2v) is 7.29. The number of hydrogen-bond acceptors (Lipinski definition) is 6. The third-order valence-corrected chi connectivity index (χ3v) is 5.18. The van der Waals surface area contributed by atoms with Gasteiger partial charge < -0.3 is 9.84 Å². The number of carbonyl (C=O) groups excluding carboxylic acids is 2. The minimum absolute atomic E-state index is 0.128. The molecule has 1 fully saturated rings. The van der Waals surface area contributed by atoms with Gasteiger partial charge in [-0.3, -0.25) is 14.5 Å². The molecule has 8 heteroatoms. The molecule has 1 N–H and O–H groups in total. The number of hydrogen-bond donors (Lipinski definition) is 1. The van der Waals surface area contributed by atoms with E-state index in [2.05, 4.69) is 0 Å². The van der Waals surface area contributed by atoms with Gasteiger partial charge in [0.2, 0.25) is 0 Å². The fourth-order valence-electron chi connectivity index (χ4n) is 2.48. The van der Waals surface area contributed by atoms with Crippen molar-refractivity contribution in [3.8, 4) is 0 Å². The van der Waals surface area contributed by atoms with Gasteiger partial charge in [0.1, 0.15) is 4.32 Å². The van der Waals surface area contributed by atoms with Gasteiger partial charge in [-0.15, -0.1) is 0 Å². The Morgan fingerprint density at radius 2 is 2.00 bits per heavy atom. The van der Waals surface area contributed by atoms with Crippen LogP contribution in [0.1, 0.15) is 41.6 Å². The molecule has 6 nitrogen and oxygen atoms in total. The zero-order valence-electron chi connectivity index (χ0n) is 14.3. The molecule has 0 bridgehead atoms. The minimum Gasteiger partial charge on any atom is -0.481 e. The highest BCUT2D eigenvalue weighted by Gasteiger charge is 2.31. The van der Waals surface area contributed by atoms with Crippen molar-refractivity contribution < 1.29 is 24.2 Å². The maximum absolute atomic E-state index is 12.6. The highest BCUT2D eigenvalue weighted by Crippen LogP contribution is 2.33. The molecule has 1 amide bonds. The van der Waals surface area contributed by atoms with E-state index in [9.17, 15) is 14.4 Å². The molecule has 1 heterocycles. The summed E-state index contributed by atoms with van der Waals surface area (Å²) in [5.41, 5.74) is 0.982. The lowest BCUT2D eigenvalue weighted by Gasteiger charge is -2.13. The number of esters is 1. The van der Waals surface area contributed by atoms with Gasteiger partial charge in [0, 0.05) is 13.0 Å². The number of thioether (sulfide) groups is 1. The summed E-state index contributed by atoms with van der Waals surface area (Å²) in [5.74, 6) is -1.48. The maximum Gasteiger partial charge on any atom is 0.338 e. The van der Waals surface area contributed by atoms with Gasteiger partial charge in [-0.25, -0.2) is 4.79 Å². The molecule has 26 heavy (non-hydrogen) atoms. The molecule has 0 radical (unpaired) electrons. The lowest BCUT2D eigenvalue weighted by Crippen LogP contribution is -2.29. The molecule has 0 aromatic heterocycles. The second kappa shape index (κ2) is 9.49. The summed E-state index contributed by atoms with van der Waals surface area (Å²) in [6.45, 7) is 0.459. The van der Waals surface area contributed by atoms with E-state index in [0.717, 1.165) is 0 Å². The van der Waals surface area contributed by atoms with Crippen LogP contribution >= 0.6 is 24.0 Å². The molecule has 0 spiro atoms. The predicted molar refractivity (Wildman–Crippen MR) is 104 cm³/mol. The van der Waals surface area contributed by atoms with Crippen molar-refractivity contribution in [1.82, 2.24) is 4.90 Å². The third-order valence-electron chi connectivity index (χ3n) is 3.80. The lowest BCUT2D eigenvalue weighted by molar-refractivity contribution is -0.137. The van der Waals surface area contributed by atoms with Crippen molar-refractivity contribution in [2.45, 2.75) is 25.7 Å². The third kappa shape index (κ3) is 5.15. The van der Waals surface area contributed by atoms with E-state index in [1.807, 2.05) is 0 Å². The van der Waals surface area contributed by atoms with Crippen LogP contribution in [0.2, 0.25) is 0 Å². The first-order chi connectivity index (χ1) is 12.4. The van der Waals surface area contributed by atoms with E-state index in [0.29, 0.717) is 46.2 Å². The van der Waals surface area contributed by atoms with Crippen LogP contribution in [0.3, 0.4) is 0 Å². The van der Waals surface area contributed by atoms with Crippen molar-refractivity contribution in [3.05, 3.63) is 40.3 Å². The molecule has 1 aromatic rings. The fraction of sp³-hybridized carbons (Fsp3) is 0.333. The van der Waals surface area contributed by atoms with Crippen molar-refractivity contribution in [2.24, 2.45) is 0 Å². The Morgan fingerprint density at radius 1 is 1.27 bits per heavy atom. The number of unbranched alkanes of at least 4 members (excludes halogenated alkanes) is 2. The molecular formula is C18H19NO5S2. The van der Waals surface area contributed by atoms with Gasteiger partial charge in [-0.2, -0.15) is 0 Å². The second-order valence-electron chi connectivity index (χ2n) is 5.62. The molecule has 1 aliphatic rings. The zero-order valence-corrected chi connectivity index (χ0v) is 15.9. The normalized spacial score (nSPS) is 15.6. The first kappa shape index (κ1) is 20.1.